The molecule has 0 bridgehead atoms. The number of anilines is 1. The fraction of sp³-hybridized carbons (Fsp3) is 0.371. The Bertz CT molecular complexity index is 1820. The highest BCUT2D eigenvalue weighted by atomic mass is 16.5. The van der Waals surface area contributed by atoms with Gasteiger partial charge in [-0.15, -0.1) is 0 Å². The molecule has 1 aliphatic heterocycles. The van der Waals surface area contributed by atoms with Gasteiger partial charge < -0.3 is 34.7 Å². The predicted molar refractivity (Wildman–Crippen MR) is 176 cm³/mol. The normalized spacial score (nSPS) is 17.3. The van der Waals surface area contributed by atoms with E-state index in [1.807, 2.05) is 41.3 Å². The lowest BCUT2D eigenvalue weighted by molar-refractivity contribution is -0.133. The minimum atomic E-state index is -0.422. The number of carbonyl (C=O) groups excluding carboxylic acids is 2. The summed E-state index contributed by atoms with van der Waals surface area (Å²) < 4.78 is 17.1. The van der Waals surface area contributed by atoms with Crippen LogP contribution >= 0.6 is 0 Å². The molecule has 0 saturated carbocycles. The van der Waals surface area contributed by atoms with Crippen molar-refractivity contribution in [3.63, 3.8) is 0 Å². The second kappa shape index (κ2) is 13.1. The van der Waals surface area contributed by atoms with Gasteiger partial charge in [0.25, 0.3) is 0 Å². The van der Waals surface area contributed by atoms with Crippen LogP contribution < -0.4 is 30.3 Å². The summed E-state index contributed by atoms with van der Waals surface area (Å²) in [5.41, 5.74) is 4.88. The number of nitrogens with one attached hydrogen (secondary N) is 3. The Hall–Kier alpha value is -5.06. The molecule has 2 aliphatic rings. The van der Waals surface area contributed by atoms with Crippen LogP contribution in [0.4, 0.5) is 5.69 Å². The second-order valence-corrected chi connectivity index (χ2v) is 11.7. The second-order valence-electron chi connectivity index (χ2n) is 11.7. The molecule has 11 heteroatoms. The number of imidazole rings is 1. The third-order valence-corrected chi connectivity index (χ3v) is 8.89. The number of aromatic amines is 1. The van der Waals surface area contributed by atoms with Crippen molar-refractivity contribution in [1.82, 2.24) is 20.2 Å². The van der Waals surface area contributed by atoms with Crippen LogP contribution in [0.1, 0.15) is 61.6 Å². The summed E-state index contributed by atoms with van der Waals surface area (Å²) in [6.45, 7) is 2.02. The molecule has 0 radical (unpaired) electrons. The Labute approximate surface area is 267 Å². The number of rotatable bonds is 8. The fourth-order valence-electron chi connectivity index (χ4n) is 6.77. The maximum atomic E-state index is 13.7. The summed E-state index contributed by atoms with van der Waals surface area (Å²) in [6.07, 6.45) is 3.88. The number of hydrogen-bond donors (Lipinski definition) is 3. The Balaban J connectivity index is 1.34. The molecule has 4 aromatic rings. The van der Waals surface area contributed by atoms with Crippen LogP contribution in [0.25, 0.3) is 22.2 Å². The third kappa shape index (κ3) is 5.84. The summed E-state index contributed by atoms with van der Waals surface area (Å²) in [5, 5.41) is 6.14. The number of aryl methyl sites for hydroxylation is 1. The number of piperidine rings is 1. The van der Waals surface area contributed by atoms with Crippen molar-refractivity contribution in [3.05, 3.63) is 75.7 Å². The maximum Gasteiger partial charge on any atom is 0.242 e. The molecule has 1 aliphatic carbocycles. The molecule has 0 spiro atoms. The number of fused-ring (bicyclic) bond motifs is 4. The average Bonchev–Trinajstić information content (AvgIpc) is 3.37. The van der Waals surface area contributed by atoms with Gasteiger partial charge in [-0.3, -0.25) is 14.4 Å². The van der Waals surface area contributed by atoms with E-state index in [9.17, 15) is 14.4 Å². The van der Waals surface area contributed by atoms with E-state index in [4.69, 9.17) is 19.2 Å². The molecule has 1 aromatic heterocycles. The van der Waals surface area contributed by atoms with Gasteiger partial charge >= 0.3 is 0 Å². The van der Waals surface area contributed by atoms with Crippen LogP contribution in [0, 0.1) is 0 Å². The highest BCUT2D eigenvalue weighted by Gasteiger charge is 2.31. The summed E-state index contributed by atoms with van der Waals surface area (Å²) in [4.78, 5) is 49.6. The van der Waals surface area contributed by atoms with Crippen LogP contribution in [-0.4, -0.2) is 61.1 Å². The van der Waals surface area contributed by atoms with E-state index in [0.717, 1.165) is 52.8 Å². The standard InChI is InChI=1S/C35H39N5O6/c1-20(41)37-24-14-12-21-17-30(44-2)33(45-3)34(46-4)32(21)22-13-15-27(29(42)18-23(22)24)36-19-31(43)40-16-8-7-11-28(40)35-38-25-9-5-6-10-26(25)39-35/h5-6,9-10,13,15,17-18,24,28H,7-8,11-12,14,16,19H2,1-4H3,(H,36,42)(H,37,41)(H,38,39)/t24-,28?/m0/s1. The first-order valence-corrected chi connectivity index (χ1v) is 15.6. The molecule has 240 valence electrons. The van der Waals surface area contributed by atoms with Crippen molar-refractivity contribution in [2.75, 3.05) is 39.7 Å². The Morgan fingerprint density at radius 1 is 1.00 bits per heavy atom. The van der Waals surface area contributed by atoms with Crippen LogP contribution in [0.2, 0.25) is 0 Å². The van der Waals surface area contributed by atoms with Gasteiger partial charge in [0.1, 0.15) is 5.82 Å². The number of aromatic nitrogens is 2. The molecular formula is C35H39N5O6. The lowest BCUT2D eigenvalue weighted by Crippen LogP contribution is -2.42. The lowest BCUT2D eigenvalue weighted by atomic mass is 9.95. The molecule has 2 amide bonds. The molecule has 1 saturated heterocycles. The molecule has 2 atom stereocenters. The van der Waals surface area contributed by atoms with Crippen LogP contribution in [0.5, 0.6) is 17.2 Å². The van der Waals surface area contributed by atoms with E-state index in [2.05, 4.69) is 15.6 Å². The maximum absolute atomic E-state index is 13.7. The fourth-order valence-corrected chi connectivity index (χ4v) is 6.77. The van der Waals surface area contributed by atoms with Crippen molar-refractivity contribution >= 4 is 28.5 Å². The zero-order chi connectivity index (χ0) is 32.4. The van der Waals surface area contributed by atoms with Crippen molar-refractivity contribution in [3.8, 4) is 28.4 Å². The van der Waals surface area contributed by atoms with E-state index < -0.39 is 6.04 Å². The highest BCUT2D eigenvalue weighted by Crippen LogP contribution is 2.50. The van der Waals surface area contributed by atoms with Gasteiger partial charge in [-0.2, -0.15) is 0 Å². The largest absolute Gasteiger partial charge is 0.493 e. The van der Waals surface area contributed by atoms with E-state index in [0.29, 0.717) is 42.2 Å². The van der Waals surface area contributed by atoms with Crippen molar-refractivity contribution in [2.45, 2.75) is 51.1 Å². The quantitative estimate of drug-likeness (QED) is 0.252. The third-order valence-electron chi connectivity index (χ3n) is 8.89. The molecule has 46 heavy (non-hydrogen) atoms. The van der Waals surface area contributed by atoms with Gasteiger partial charge in [0.05, 0.1) is 56.7 Å². The van der Waals surface area contributed by atoms with Gasteiger partial charge in [-0.05, 0) is 79.1 Å². The number of H-pyrrole nitrogens is 1. The minimum Gasteiger partial charge on any atom is -0.493 e. The topological polar surface area (TPSA) is 135 Å². The molecule has 1 unspecified atom stereocenters. The van der Waals surface area contributed by atoms with E-state index in [-0.39, 0.29) is 35.5 Å². The zero-order valence-corrected chi connectivity index (χ0v) is 26.6. The van der Waals surface area contributed by atoms with Gasteiger partial charge in [0, 0.05) is 19.0 Å². The number of para-hydroxylation sites is 2. The molecule has 2 heterocycles. The Kier molecular flexibility index (Phi) is 8.83. The number of nitrogens with zero attached hydrogens (tertiary/aromatic N) is 2. The first-order valence-electron chi connectivity index (χ1n) is 15.6. The average molecular weight is 626 g/mol. The van der Waals surface area contributed by atoms with E-state index in [1.165, 1.54) is 6.92 Å². The summed E-state index contributed by atoms with van der Waals surface area (Å²) in [6, 6.07) is 14.2. The Morgan fingerprint density at radius 3 is 2.54 bits per heavy atom. The summed E-state index contributed by atoms with van der Waals surface area (Å²) in [7, 11) is 4.68. The van der Waals surface area contributed by atoms with Crippen molar-refractivity contribution in [2.24, 2.45) is 0 Å². The van der Waals surface area contributed by atoms with E-state index in [1.54, 1.807) is 33.5 Å². The zero-order valence-electron chi connectivity index (χ0n) is 26.6. The lowest BCUT2D eigenvalue weighted by Gasteiger charge is -2.34. The minimum absolute atomic E-state index is 0.0549. The van der Waals surface area contributed by atoms with Gasteiger partial charge in [-0.1, -0.05) is 18.2 Å². The molecule has 6 rings (SSSR count). The van der Waals surface area contributed by atoms with Gasteiger partial charge in [0.2, 0.25) is 23.0 Å². The van der Waals surface area contributed by atoms with Crippen LogP contribution in [0.15, 0.2) is 53.3 Å². The highest BCUT2D eigenvalue weighted by molar-refractivity contribution is 5.85. The smallest absolute Gasteiger partial charge is 0.242 e. The molecule has 11 nitrogen and oxygen atoms in total. The number of carbonyl (C=O) groups is 2. The van der Waals surface area contributed by atoms with Crippen LogP contribution in [-0.2, 0) is 16.0 Å². The number of benzene rings is 2. The number of hydrogen-bond acceptors (Lipinski definition) is 8. The van der Waals surface area contributed by atoms with Gasteiger partial charge in [-0.25, -0.2) is 4.98 Å². The van der Waals surface area contributed by atoms with Crippen LogP contribution in [0.3, 0.4) is 0 Å². The molecule has 3 N–H and O–H groups in total. The summed E-state index contributed by atoms with van der Waals surface area (Å²) >= 11 is 0. The predicted octanol–water partition coefficient (Wildman–Crippen LogP) is 4.91. The molecule has 1 fully saturated rings. The molecule has 3 aromatic carbocycles. The number of amides is 2. The molecular weight excluding hydrogens is 586 g/mol. The number of methoxy groups -OCH3 is 3. The van der Waals surface area contributed by atoms with Crippen molar-refractivity contribution < 1.29 is 23.8 Å². The first kappa shape index (κ1) is 30.9. The monoisotopic (exact) mass is 625 g/mol. The van der Waals surface area contributed by atoms with E-state index >= 15 is 0 Å². The number of likely N-dealkylation sites (tertiary alicyclic amines) is 1. The van der Waals surface area contributed by atoms with Gasteiger partial charge in [0.15, 0.2) is 11.5 Å². The SMILES string of the molecule is COc1cc2c(c(OC)c1OC)-c1ccc(NCC(=O)N3CCCCC3c3nc4ccccc4[nH]3)c(=O)cc1[C@@H](NC(C)=O)CC2. The number of ether oxygens (including phenoxy) is 3. The van der Waals surface area contributed by atoms with Crippen molar-refractivity contribution in [1.29, 1.82) is 0 Å². The summed E-state index contributed by atoms with van der Waals surface area (Å²) in [5.74, 6) is 1.90. The Morgan fingerprint density at radius 2 is 1.80 bits per heavy atom. The first-order chi connectivity index (χ1) is 22.3.